The Labute approximate surface area is 488 Å². The largest absolute Gasteiger partial charge is 0.494 e. The van der Waals surface area contributed by atoms with E-state index in [4.69, 9.17) is 18.9 Å². The summed E-state index contributed by atoms with van der Waals surface area (Å²) < 4.78 is 26.5. The van der Waals surface area contributed by atoms with Crippen molar-refractivity contribution in [1.29, 1.82) is 0 Å². The van der Waals surface area contributed by atoms with Crippen LogP contribution in [0.2, 0.25) is 0 Å². The number of rotatable bonds is 45. The molecule has 0 aliphatic carbocycles. The van der Waals surface area contributed by atoms with E-state index in [1.165, 1.54) is 191 Å². The van der Waals surface area contributed by atoms with Crippen LogP contribution in [-0.4, -0.2) is 37.5 Å². The van der Waals surface area contributed by atoms with Crippen molar-refractivity contribution in [2.75, 3.05) is 26.4 Å². The number of carboxylic acid groups (broad SMARTS) is 1. The molecule has 0 saturated heterocycles. The second kappa shape index (κ2) is 38.4. The second-order valence-corrected chi connectivity index (χ2v) is 23.6. The van der Waals surface area contributed by atoms with Crippen molar-refractivity contribution in [2.45, 2.75) is 233 Å². The Hall–Kier alpha value is -5.27. The van der Waals surface area contributed by atoms with Gasteiger partial charge in [0.25, 0.3) is 0 Å². The molecule has 436 valence electrons. The minimum Gasteiger partial charge on any atom is -0.494 e. The minimum atomic E-state index is -0.934. The lowest BCUT2D eigenvalue weighted by Crippen LogP contribution is -2.00. The van der Waals surface area contributed by atoms with Crippen LogP contribution in [0.25, 0.3) is 54.6 Å². The summed E-state index contributed by atoms with van der Waals surface area (Å²) in [4.78, 5) is 13.4. The van der Waals surface area contributed by atoms with Crippen LogP contribution in [0.3, 0.4) is 0 Å². The van der Waals surface area contributed by atoms with Gasteiger partial charge in [-0.1, -0.05) is 256 Å². The molecule has 6 aromatic rings. The highest BCUT2D eigenvalue weighted by Gasteiger charge is 2.27. The van der Waals surface area contributed by atoms with Crippen molar-refractivity contribution < 1.29 is 28.8 Å². The van der Waals surface area contributed by atoms with E-state index in [1.54, 1.807) is 0 Å². The van der Waals surface area contributed by atoms with E-state index in [1.807, 2.05) is 6.07 Å². The van der Waals surface area contributed by atoms with Crippen molar-refractivity contribution in [3.63, 3.8) is 0 Å². The zero-order valence-electron chi connectivity index (χ0n) is 50.2. The number of aromatic carboxylic acids is 1. The lowest BCUT2D eigenvalue weighted by atomic mass is 9.81. The summed E-state index contributed by atoms with van der Waals surface area (Å²) in [7, 11) is 0. The first-order valence-electron chi connectivity index (χ1n) is 32.2. The summed E-state index contributed by atoms with van der Waals surface area (Å²) in [5, 5.41) is 11.7. The maximum Gasteiger partial charge on any atom is 0.345 e. The van der Waals surface area contributed by atoms with Gasteiger partial charge in [0, 0.05) is 15.6 Å². The number of hydrogen-bond acceptors (Lipinski definition) is 6. The highest BCUT2D eigenvalue weighted by atomic mass is 32.1. The number of thiophene rings is 1. The predicted octanol–water partition coefficient (Wildman–Crippen LogP) is 23.3. The monoisotopic (exact) mass is 1110 g/mol. The fourth-order valence-corrected chi connectivity index (χ4v) is 12.2. The Morgan fingerprint density at radius 2 is 0.562 bits per heavy atom. The molecule has 0 atom stereocenters. The Kier molecular flexibility index (Phi) is 30.7. The summed E-state index contributed by atoms with van der Waals surface area (Å²) in [6.07, 6.45) is 40.1. The quantitative estimate of drug-likeness (QED) is 0.0384. The first-order chi connectivity index (χ1) is 39.4. The van der Waals surface area contributed by atoms with E-state index in [0.29, 0.717) is 31.3 Å². The molecule has 0 spiro atoms. The van der Waals surface area contributed by atoms with Gasteiger partial charge in [-0.05, 0) is 119 Å². The molecule has 0 fully saturated rings. The van der Waals surface area contributed by atoms with Crippen LogP contribution < -0.4 is 18.9 Å². The Morgan fingerprint density at radius 1 is 0.325 bits per heavy atom. The topological polar surface area (TPSA) is 74.2 Å². The van der Waals surface area contributed by atoms with Gasteiger partial charge >= 0.3 is 5.97 Å². The van der Waals surface area contributed by atoms with Crippen molar-refractivity contribution in [2.24, 2.45) is 0 Å². The van der Waals surface area contributed by atoms with E-state index in [-0.39, 0.29) is 0 Å². The molecule has 7 heteroatoms. The molecule has 0 unspecified atom stereocenters. The smallest absolute Gasteiger partial charge is 0.345 e. The standard InChI is InChI=1S/C73H102O6S/c1-5-9-13-17-21-25-29-33-53-76-62-45-37-58(38-46-62)68-66-57-67(73(74)75)80-72(66)71(61-43-51-65(52-44-61)79-56-36-32-28-24-20-16-12-8-4)70(60-41-49-64(50-42-60)78-55-35-31-27-23-19-15-11-7-3)69(68)59-39-47-63(48-40-59)77-54-34-30-26-22-18-14-10-6-2/h37-52,57H,5-36,53-56H2,1-4H3,(H,74,75). The lowest BCUT2D eigenvalue weighted by Gasteiger charge is -2.23. The number of carbonyl (C=O) groups is 1. The van der Waals surface area contributed by atoms with E-state index >= 15 is 0 Å². The molecule has 1 heterocycles. The van der Waals surface area contributed by atoms with Gasteiger partial charge in [0.2, 0.25) is 0 Å². The SMILES string of the molecule is CCCCCCCCCCOc1ccc(-c2c(-c3ccc(OCCCCCCCCCC)cc3)c(-c3ccc(OCCCCCCCCCC)cc3)c3sc(C(=O)O)cc3c2-c2ccc(OCCCCCCCCCC)cc2)cc1. The molecule has 1 aromatic heterocycles. The van der Waals surface area contributed by atoms with Gasteiger partial charge in [-0.2, -0.15) is 0 Å². The van der Waals surface area contributed by atoms with Crippen LogP contribution in [0.1, 0.15) is 243 Å². The van der Waals surface area contributed by atoms with Crippen molar-refractivity contribution >= 4 is 27.4 Å². The fraction of sp³-hybridized carbons (Fsp3) is 0.548. The summed E-state index contributed by atoms with van der Waals surface area (Å²) in [5.41, 5.74) is 8.11. The van der Waals surface area contributed by atoms with Gasteiger partial charge < -0.3 is 24.1 Å². The average Bonchev–Trinajstić information content (AvgIpc) is 3.91. The molecule has 1 N–H and O–H groups in total. The van der Waals surface area contributed by atoms with Crippen LogP contribution in [-0.2, 0) is 0 Å². The van der Waals surface area contributed by atoms with Crippen molar-refractivity contribution in [1.82, 2.24) is 0 Å². The number of hydrogen-bond donors (Lipinski definition) is 1. The number of fused-ring (bicyclic) bond motifs is 1. The molecular formula is C73H102O6S. The minimum absolute atomic E-state index is 0.302. The predicted molar refractivity (Wildman–Crippen MR) is 343 cm³/mol. The molecule has 6 rings (SSSR count). The molecule has 0 bridgehead atoms. The number of ether oxygens (including phenoxy) is 4. The number of unbranched alkanes of at least 4 members (excludes halogenated alkanes) is 28. The van der Waals surface area contributed by atoms with Crippen molar-refractivity contribution in [3.05, 3.63) is 108 Å². The summed E-state index contributed by atoms with van der Waals surface area (Å²) in [6, 6.07) is 36.1. The van der Waals surface area contributed by atoms with E-state index in [2.05, 4.69) is 125 Å². The Balaban J connectivity index is 1.37. The molecule has 5 aromatic carbocycles. The lowest BCUT2D eigenvalue weighted by molar-refractivity contribution is 0.0702. The second-order valence-electron chi connectivity index (χ2n) is 22.5. The summed E-state index contributed by atoms with van der Waals surface area (Å²) >= 11 is 1.35. The number of benzene rings is 5. The van der Waals surface area contributed by atoms with E-state index in [0.717, 1.165) is 103 Å². The van der Waals surface area contributed by atoms with Crippen LogP contribution in [0.4, 0.5) is 0 Å². The number of carboxylic acids is 1. The fourth-order valence-electron chi connectivity index (χ4n) is 11.1. The maximum absolute atomic E-state index is 13.1. The first kappa shape index (κ1) is 63.9. The molecule has 0 aliphatic rings. The van der Waals surface area contributed by atoms with E-state index in [9.17, 15) is 9.90 Å². The van der Waals surface area contributed by atoms with Crippen LogP contribution in [0.15, 0.2) is 103 Å². The van der Waals surface area contributed by atoms with Gasteiger partial charge in [0.05, 0.1) is 26.4 Å². The summed E-state index contributed by atoms with van der Waals surface area (Å²) in [5.74, 6) is 2.45. The Morgan fingerprint density at radius 3 is 0.838 bits per heavy atom. The van der Waals surface area contributed by atoms with Crippen LogP contribution >= 0.6 is 11.3 Å². The molecule has 0 radical (unpaired) electrons. The molecule has 0 aliphatic heterocycles. The highest BCUT2D eigenvalue weighted by Crippen LogP contribution is 2.53. The normalized spacial score (nSPS) is 11.4. The van der Waals surface area contributed by atoms with E-state index < -0.39 is 5.97 Å². The zero-order chi connectivity index (χ0) is 56.2. The van der Waals surface area contributed by atoms with Gasteiger partial charge in [0.1, 0.15) is 27.9 Å². The first-order valence-corrected chi connectivity index (χ1v) is 33.1. The maximum atomic E-state index is 13.1. The molecule has 80 heavy (non-hydrogen) atoms. The average molecular weight is 1110 g/mol. The van der Waals surface area contributed by atoms with Gasteiger partial charge in [0.15, 0.2) is 0 Å². The third kappa shape index (κ3) is 21.9. The van der Waals surface area contributed by atoms with Gasteiger partial charge in [-0.25, -0.2) is 4.79 Å². The molecule has 6 nitrogen and oxygen atoms in total. The highest BCUT2D eigenvalue weighted by molar-refractivity contribution is 7.21. The molecule has 0 saturated carbocycles. The van der Waals surface area contributed by atoms with Crippen LogP contribution in [0.5, 0.6) is 23.0 Å². The third-order valence-electron chi connectivity index (χ3n) is 15.8. The third-order valence-corrected chi connectivity index (χ3v) is 17.0. The molecule has 0 amide bonds. The zero-order valence-corrected chi connectivity index (χ0v) is 51.0. The van der Waals surface area contributed by atoms with Gasteiger partial charge in [-0.15, -0.1) is 11.3 Å². The van der Waals surface area contributed by atoms with Gasteiger partial charge in [-0.3, -0.25) is 0 Å². The van der Waals surface area contributed by atoms with Crippen LogP contribution in [0, 0.1) is 0 Å². The van der Waals surface area contributed by atoms with Crippen molar-refractivity contribution in [3.8, 4) is 67.5 Å². The Bertz CT molecular complexity index is 2410. The summed E-state index contributed by atoms with van der Waals surface area (Å²) in [6.45, 7) is 11.8. The molecular weight excluding hydrogens is 1000 g/mol.